The Balaban J connectivity index is 1.49. The highest BCUT2D eigenvalue weighted by Gasteiger charge is 2.33. The van der Waals surface area contributed by atoms with E-state index in [1.807, 2.05) is 0 Å². The Labute approximate surface area is 163 Å². The van der Waals surface area contributed by atoms with Gasteiger partial charge in [0.1, 0.15) is 6.04 Å². The first kappa shape index (κ1) is 20.2. The number of aliphatic hydroxyl groups excluding tert-OH is 1. The molecule has 0 radical (unpaired) electrons. The zero-order chi connectivity index (χ0) is 19.9. The van der Waals surface area contributed by atoms with Crippen LogP contribution in [0.25, 0.3) is 0 Å². The molecule has 2 fully saturated rings. The molecule has 1 aromatic rings. The molecule has 9 heteroatoms. The fourth-order valence-electron chi connectivity index (χ4n) is 3.21. The van der Waals surface area contributed by atoms with E-state index in [0.717, 1.165) is 0 Å². The second-order valence-electron chi connectivity index (χ2n) is 6.76. The van der Waals surface area contributed by atoms with Gasteiger partial charge in [-0.25, -0.2) is 9.59 Å². The summed E-state index contributed by atoms with van der Waals surface area (Å²) >= 11 is 0. The average molecular weight is 391 g/mol. The Morgan fingerprint density at radius 2 is 1.86 bits per heavy atom. The molecule has 2 heterocycles. The highest BCUT2D eigenvalue weighted by Crippen LogP contribution is 2.17. The third kappa shape index (κ3) is 5.28. The van der Waals surface area contributed by atoms with E-state index in [9.17, 15) is 19.5 Å². The minimum absolute atomic E-state index is 0.129. The summed E-state index contributed by atoms with van der Waals surface area (Å²) in [7, 11) is 0. The lowest BCUT2D eigenvalue weighted by Gasteiger charge is -2.37. The maximum atomic E-state index is 12.6. The Kier molecular flexibility index (Phi) is 6.96. The van der Waals surface area contributed by atoms with Crippen molar-refractivity contribution in [1.82, 2.24) is 15.1 Å². The molecule has 0 aromatic heterocycles. The number of rotatable bonds is 4. The van der Waals surface area contributed by atoms with Crippen LogP contribution in [-0.4, -0.2) is 84.9 Å². The van der Waals surface area contributed by atoms with Crippen molar-refractivity contribution >= 4 is 18.0 Å². The smallest absolute Gasteiger partial charge is 0.332 e. The fourth-order valence-corrected chi connectivity index (χ4v) is 3.21. The maximum Gasteiger partial charge on any atom is 0.332 e. The lowest BCUT2D eigenvalue weighted by molar-refractivity contribution is -0.163. The van der Waals surface area contributed by atoms with Crippen molar-refractivity contribution < 1.29 is 29.0 Å². The van der Waals surface area contributed by atoms with Crippen molar-refractivity contribution in [2.24, 2.45) is 0 Å². The van der Waals surface area contributed by atoms with Gasteiger partial charge < -0.3 is 29.7 Å². The van der Waals surface area contributed by atoms with Gasteiger partial charge in [0.2, 0.25) is 0 Å². The first-order valence-corrected chi connectivity index (χ1v) is 9.37. The van der Waals surface area contributed by atoms with Crippen LogP contribution in [0.15, 0.2) is 30.3 Å². The highest BCUT2D eigenvalue weighted by molar-refractivity contribution is 5.89. The van der Waals surface area contributed by atoms with E-state index in [-0.39, 0.29) is 19.0 Å². The SMILES string of the molecule is O=C(CC(O)c1ccccc1)OC(=O)C1CN(C(=O)N2CCOCC2)CCN1. The minimum Gasteiger partial charge on any atom is -0.392 e. The van der Waals surface area contributed by atoms with E-state index in [2.05, 4.69) is 5.32 Å². The summed E-state index contributed by atoms with van der Waals surface area (Å²) in [4.78, 5) is 40.2. The molecule has 0 spiro atoms. The normalized spacial score (nSPS) is 21.1. The van der Waals surface area contributed by atoms with Gasteiger partial charge in [-0.05, 0) is 5.56 Å². The molecule has 0 bridgehead atoms. The van der Waals surface area contributed by atoms with Crippen LogP contribution >= 0.6 is 0 Å². The monoisotopic (exact) mass is 391 g/mol. The van der Waals surface area contributed by atoms with Gasteiger partial charge in [-0.3, -0.25) is 4.79 Å². The average Bonchev–Trinajstić information content (AvgIpc) is 2.74. The molecule has 2 atom stereocenters. The first-order valence-electron chi connectivity index (χ1n) is 9.37. The molecule has 1 aromatic carbocycles. The zero-order valence-electron chi connectivity index (χ0n) is 15.6. The molecule has 3 rings (SSSR count). The topological polar surface area (TPSA) is 108 Å². The molecular formula is C19H25N3O6. The molecule has 2 unspecified atom stereocenters. The van der Waals surface area contributed by atoms with Crippen molar-refractivity contribution in [3.05, 3.63) is 35.9 Å². The van der Waals surface area contributed by atoms with Crippen LogP contribution in [0.5, 0.6) is 0 Å². The van der Waals surface area contributed by atoms with E-state index in [1.54, 1.807) is 40.1 Å². The van der Waals surface area contributed by atoms with Crippen molar-refractivity contribution in [3.63, 3.8) is 0 Å². The van der Waals surface area contributed by atoms with Crippen LogP contribution in [-0.2, 0) is 19.1 Å². The third-order valence-corrected chi connectivity index (χ3v) is 4.77. The number of urea groups is 1. The summed E-state index contributed by atoms with van der Waals surface area (Å²) in [5, 5.41) is 13.0. The summed E-state index contributed by atoms with van der Waals surface area (Å²) in [6.45, 7) is 3.07. The minimum atomic E-state index is -1.04. The molecule has 2 N–H and O–H groups in total. The number of esters is 2. The van der Waals surface area contributed by atoms with E-state index in [1.165, 1.54) is 0 Å². The van der Waals surface area contributed by atoms with E-state index in [4.69, 9.17) is 9.47 Å². The van der Waals surface area contributed by atoms with Crippen molar-refractivity contribution in [2.45, 2.75) is 18.6 Å². The van der Waals surface area contributed by atoms with Crippen LogP contribution in [0.2, 0.25) is 0 Å². The van der Waals surface area contributed by atoms with E-state index in [0.29, 0.717) is 45.0 Å². The Bertz CT molecular complexity index is 692. The van der Waals surface area contributed by atoms with Crippen LogP contribution in [0.1, 0.15) is 18.1 Å². The number of nitrogens with zero attached hydrogens (tertiary/aromatic N) is 2. The Morgan fingerprint density at radius 3 is 2.57 bits per heavy atom. The highest BCUT2D eigenvalue weighted by atomic mass is 16.6. The summed E-state index contributed by atoms with van der Waals surface area (Å²) < 4.78 is 10.1. The number of benzene rings is 1. The van der Waals surface area contributed by atoms with Gasteiger partial charge in [-0.2, -0.15) is 0 Å². The number of carbonyl (C=O) groups is 3. The largest absolute Gasteiger partial charge is 0.392 e. The molecule has 0 saturated carbocycles. The Morgan fingerprint density at radius 1 is 1.14 bits per heavy atom. The van der Waals surface area contributed by atoms with Gasteiger partial charge in [0.25, 0.3) is 0 Å². The number of hydrogen-bond donors (Lipinski definition) is 2. The van der Waals surface area contributed by atoms with E-state index >= 15 is 0 Å². The molecule has 2 aliphatic heterocycles. The molecule has 2 saturated heterocycles. The number of nitrogens with one attached hydrogen (secondary N) is 1. The van der Waals surface area contributed by atoms with Gasteiger partial charge >= 0.3 is 18.0 Å². The van der Waals surface area contributed by atoms with Crippen LogP contribution < -0.4 is 5.32 Å². The predicted octanol–water partition coefficient (Wildman–Crippen LogP) is -0.0941. The Hall–Kier alpha value is -2.49. The van der Waals surface area contributed by atoms with Crippen LogP contribution in [0.3, 0.4) is 0 Å². The number of hydrogen-bond acceptors (Lipinski definition) is 7. The number of aliphatic hydroxyl groups is 1. The zero-order valence-corrected chi connectivity index (χ0v) is 15.6. The summed E-state index contributed by atoms with van der Waals surface area (Å²) in [6, 6.07) is 7.76. The van der Waals surface area contributed by atoms with Gasteiger partial charge in [0.05, 0.1) is 25.7 Å². The third-order valence-electron chi connectivity index (χ3n) is 4.77. The van der Waals surface area contributed by atoms with Gasteiger partial charge in [0.15, 0.2) is 0 Å². The number of carbonyl (C=O) groups excluding carboxylic acids is 3. The number of morpholine rings is 1. The van der Waals surface area contributed by atoms with Crippen LogP contribution in [0, 0.1) is 0 Å². The molecule has 0 aliphatic carbocycles. The standard InChI is InChI=1S/C19H25N3O6/c23-16(14-4-2-1-3-5-14)12-17(24)28-18(25)15-13-22(7-6-20-15)19(26)21-8-10-27-11-9-21/h1-5,15-16,20,23H,6-13H2. The predicted molar refractivity (Wildman–Crippen MR) is 98.3 cm³/mol. The lowest BCUT2D eigenvalue weighted by Crippen LogP contribution is -2.59. The summed E-state index contributed by atoms with van der Waals surface area (Å²) in [5.41, 5.74) is 0.574. The van der Waals surface area contributed by atoms with Gasteiger partial charge in [-0.15, -0.1) is 0 Å². The molecule has 28 heavy (non-hydrogen) atoms. The van der Waals surface area contributed by atoms with Crippen LogP contribution in [0.4, 0.5) is 4.79 Å². The second-order valence-corrected chi connectivity index (χ2v) is 6.76. The molecule has 2 amide bonds. The van der Waals surface area contributed by atoms with Gasteiger partial charge in [0, 0.05) is 32.7 Å². The van der Waals surface area contributed by atoms with Crippen molar-refractivity contribution in [3.8, 4) is 0 Å². The second kappa shape index (κ2) is 9.63. The molecule has 9 nitrogen and oxygen atoms in total. The van der Waals surface area contributed by atoms with E-state index < -0.39 is 24.1 Å². The maximum absolute atomic E-state index is 12.6. The molecule has 2 aliphatic rings. The fraction of sp³-hybridized carbons (Fsp3) is 0.526. The number of piperazine rings is 1. The van der Waals surface area contributed by atoms with Gasteiger partial charge in [-0.1, -0.05) is 30.3 Å². The lowest BCUT2D eigenvalue weighted by atomic mass is 10.1. The number of ether oxygens (including phenoxy) is 2. The van der Waals surface area contributed by atoms with Crippen molar-refractivity contribution in [1.29, 1.82) is 0 Å². The summed E-state index contributed by atoms with van der Waals surface area (Å²) in [6.07, 6.45) is -1.36. The quantitative estimate of drug-likeness (QED) is 0.545. The molecule has 152 valence electrons. The summed E-state index contributed by atoms with van der Waals surface area (Å²) in [5.74, 6) is -1.55. The van der Waals surface area contributed by atoms with Crippen molar-refractivity contribution in [2.75, 3.05) is 45.9 Å². The molecular weight excluding hydrogens is 366 g/mol. The number of amides is 2. The first-order chi connectivity index (χ1) is 13.5.